The molecule has 0 unspecified atom stereocenters. The van der Waals surface area contributed by atoms with Crippen LogP contribution in [-0.2, 0) is 6.42 Å². The second-order valence-electron chi connectivity index (χ2n) is 6.04. The van der Waals surface area contributed by atoms with Crippen LogP contribution in [0.3, 0.4) is 0 Å². The van der Waals surface area contributed by atoms with Crippen molar-refractivity contribution in [3.05, 3.63) is 33.9 Å². The zero-order valence-corrected chi connectivity index (χ0v) is 14.5. The van der Waals surface area contributed by atoms with E-state index in [1.807, 2.05) is 13.0 Å². The van der Waals surface area contributed by atoms with Crippen LogP contribution >= 0.6 is 22.9 Å². The molecule has 3 aromatic rings. The molecule has 1 aliphatic carbocycles. The summed E-state index contributed by atoms with van der Waals surface area (Å²) in [7, 11) is 0. The number of aliphatic hydroxyl groups is 1. The summed E-state index contributed by atoms with van der Waals surface area (Å²) in [5.41, 5.74) is 2.03. The van der Waals surface area contributed by atoms with E-state index in [0.717, 1.165) is 46.8 Å². The zero-order chi connectivity index (χ0) is 15.8. The fourth-order valence-electron chi connectivity index (χ4n) is 3.03. The van der Waals surface area contributed by atoms with E-state index >= 15 is 0 Å². The minimum absolute atomic E-state index is 0.187. The Morgan fingerprint density at radius 1 is 1.35 bits per heavy atom. The van der Waals surface area contributed by atoms with Gasteiger partial charge in [-0.05, 0) is 55.2 Å². The fourth-order valence-corrected chi connectivity index (χ4v) is 4.54. The number of hydrogen-bond donors (Lipinski definition) is 2. The van der Waals surface area contributed by atoms with Crippen molar-refractivity contribution in [2.75, 3.05) is 5.32 Å². The van der Waals surface area contributed by atoms with Crippen molar-refractivity contribution in [1.82, 2.24) is 14.3 Å². The van der Waals surface area contributed by atoms with Crippen LogP contribution in [-0.4, -0.2) is 31.6 Å². The third kappa shape index (κ3) is 3.22. The molecule has 1 fully saturated rings. The van der Waals surface area contributed by atoms with E-state index in [2.05, 4.69) is 26.1 Å². The van der Waals surface area contributed by atoms with E-state index < -0.39 is 0 Å². The van der Waals surface area contributed by atoms with Crippen molar-refractivity contribution in [2.24, 2.45) is 0 Å². The Morgan fingerprint density at radius 2 is 2.26 bits per heavy atom. The highest BCUT2D eigenvalue weighted by Crippen LogP contribution is 2.30. The van der Waals surface area contributed by atoms with Crippen molar-refractivity contribution in [3.63, 3.8) is 0 Å². The van der Waals surface area contributed by atoms with Crippen LogP contribution in [0, 0.1) is 6.92 Å². The molecule has 1 aliphatic rings. The molecule has 120 valence electrons. The van der Waals surface area contributed by atoms with Gasteiger partial charge in [0, 0.05) is 17.3 Å². The first-order valence-corrected chi connectivity index (χ1v) is 9.43. The number of rotatable bonds is 4. The molecule has 2 N–H and O–H groups in total. The minimum Gasteiger partial charge on any atom is -0.393 e. The number of fused-ring (bicyclic) bond motifs is 1. The Bertz CT molecular complexity index is 828. The number of nitrogens with zero attached hydrogens (tertiary/aromatic N) is 3. The molecule has 23 heavy (non-hydrogen) atoms. The van der Waals surface area contributed by atoms with Crippen LogP contribution < -0.4 is 5.32 Å². The molecule has 1 saturated carbocycles. The van der Waals surface area contributed by atoms with Gasteiger partial charge in [-0.25, -0.2) is 9.97 Å². The van der Waals surface area contributed by atoms with Crippen LogP contribution in [0.25, 0.3) is 10.2 Å². The first-order valence-electron chi connectivity index (χ1n) is 7.78. The van der Waals surface area contributed by atoms with Gasteiger partial charge in [0.2, 0.25) is 0 Å². The Hall–Kier alpha value is -1.57. The lowest BCUT2D eigenvalue weighted by Gasteiger charge is -2.14. The smallest absolute Gasteiger partial charge is 0.148 e. The van der Waals surface area contributed by atoms with Gasteiger partial charge < -0.3 is 10.4 Å². The van der Waals surface area contributed by atoms with Crippen LogP contribution in [0.1, 0.15) is 35.7 Å². The lowest BCUT2D eigenvalue weighted by molar-refractivity contribution is 0.182. The summed E-state index contributed by atoms with van der Waals surface area (Å²) in [6.07, 6.45) is 3.16. The summed E-state index contributed by atoms with van der Waals surface area (Å²) < 4.78 is 5.42. The maximum atomic E-state index is 9.73. The first kappa shape index (κ1) is 15.0. The van der Waals surface area contributed by atoms with Crippen LogP contribution in [0.2, 0.25) is 0 Å². The summed E-state index contributed by atoms with van der Waals surface area (Å²) in [5.74, 6) is 1.72. The maximum absolute atomic E-state index is 9.73. The maximum Gasteiger partial charge on any atom is 0.148 e. The molecule has 0 bridgehead atoms. The lowest BCUT2D eigenvalue weighted by Crippen LogP contribution is -2.18. The lowest BCUT2D eigenvalue weighted by atomic mass is 10.2. The molecule has 0 aromatic carbocycles. The number of nitrogens with one attached hydrogen (secondary N) is 1. The number of aryl methyl sites for hydroxylation is 1. The highest BCUT2D eigenvalue weighted by molar-refractivity contribution is 7.17. The van der Waals surface area contributed by atoms with Crippen LogP contribution in [0.4, 0.5) is 5.82 Å². The molecule has 7 heteroatoms. The standard InChI is InChI=1S/C16H18N4OS2/c1-9-6-12(23-20-9)8-14-18-13-4-5-22-15(13)16(19-14)17-10-2-3-11(21)7-10/h4-6,10-11,21H,2-3,7-8H2,1H3,(H,17,18,19)/t10-,11-/m0/s1. The summed E-state index contributed by atoms with van der Waals surface area (Å²) in [6.45, 7) is 2.00. The van der Waals surface area contributed by atoms with Gasteiger partial charge in [0.05, 0.1) is 22.0 Å². The minimum atomic E-state index is -0.187. The molecule has 0 spiro atoms. The fraction of sp³-hybridized carbons (Fsp3) is 0.438. The monoisotopic (exact) mass is 346 g/mol. The van der Waals surface area contributed by atoms with E-state index in [0.29, 0.717) is 12.5 Å². The summed E-state index contributed by atoms with van der Waals surface area (Å²) in [4.78, 5) is 10.6. The molecular formula is C16H18N4OS2. The molecule has 3 heterocycles. The molecule has 2 atom stereocenters. The number of thiophene rings is 1. The van der Waals surface area contributed by atoms with Gasteiger partial charge in [-0.2, -0.15) is 4.37 Å². The first-order chi connectivity index (χ1) is 11.2. The van der Waals surface area contributed by atoms with Crippen molar-refractivity contribution >= 4 is 38.9 Å². The third-order valence-corrected chi connectivity index (χ3v) is 5.89. The van der Waals surface area contributed by atoms with E-state index in [1.165, 1.54) is 16.4 Å². The van der Waals surface area contributed by atoms with E-state index in [4.69, 9.17) is 4.98 Å². The van der Waals surface area contributed by atoms with E-state index in [9.17, 15) is 5.11 Å². The van der Waals surface area contributed by atoms with Crippen molar-refractivity contribution in [2.45, 2.75) is 44.8 Å². The van der Waals surface area contributed by atoms with Gasteiger partial charge in [-0.15, -0.1) is 11.3 Å². The molecule has 3 aromatic heterocycles. The Kier molecular flexibility index (Phi) is 4.00. The van der Waals surface area contributed by atoms with E-state index in [1.54, 1.807) is 11.3 Å². The molecular weight excluding hydrogens is 328 g/mol. The Morgan fingerprint density at radius 3 is 3.00 bits per heavy atom. The van der Waals surface area contributed by atoms with E-state index in [-0.39, 0.29) is 6.10 Å². The number of aromatic nitrogens is 3. The van der Waals surface area contributed by atoms with Gasteiger partial charge in [0.15, 0.2) is 0 Å². The Labute approximate surface area is 142 Å². The van der Waals surface area contributed by atoms with Gasteiger partial charge >= 0.3 is 0 Å². The second kappa shape index (κ2) is 6.14. The molecule has 0 saturated heterocycles. The molecule has 5 nitrogen and oxygen atoms in total. The number of hydrogen-bond acceptors (Lipinski definition) is 7. The average molecular weight is 346 g/mol. The normalized spacial score (nSPS) is 21.1. The average Bonchev–Trinajstić information content (AvgIpc) is 3.22. The molecule has 0 aliphatic heterocycles. The summed E-state index contributed by atoms with van der Waals surface area (Å²) >= 11 is 3.17. The summed E-state index contributed by atoms with van der Waals surface area (Å²) in [6, 6.07) is 4.42. The molecule has 4 rings (SSSR count). The van der Waals surface area contributed by atoms with Gasteiger partial charge in [-0.3, -0.25) is 0 Å². The van der Waals surface area contributed by atoms with Gasteiger partial charge in [0.1, 0.15) is 11.6 Å². The SMILES string of the molecule is Cc1cc(Cc2nc(N[C@H]3CC[C@H](O)C3)c3sccc3n2)sn1. The molecule has 0 amide bonds. The predicted molar refractivity (Wildman–Crippen MR) is 94.3 cm³/mol. The largest absolute Gasteiger partial charge is 0.393 e. The number of aliphatic hydroxyl groups excluding tert-OH is 1. The zero-order valence-electron chi connectivity index (χ0n) is 12.8. The van der Waals surface area contributed by atoms with Crippen molar-refractivity contribution in [1.29, 1.82) is 0 Å². The Balaban J connectivity index is 1.64. The van der Waals surface area contributed by atoms with Crippen molar-refractivity contribution in [3.8, 4) is 0 Å². The number of anilines is 1. The van der Waals surface area contributed by atoms with Gasteiger partial charge in [-0.1, -0.05) is 0 Å². The van der Waals surface area contributed by atoms with Gasteiger partial charge in [0.25, 0.3) is 0 Å². The predicted octanol–water partition coefficient (Wildman–Crippen LogP) is 3.37. The van der Waals surface area contributed by atoms with Crippen LogP contribution in [0.15, 0.2) is 17.5 Å². The second-order valence-corrected chi connectivity index (χ2v) is 7.85. The van der Waals surface area contributed by atoms with Crippen molar-refractivity contribution < 1.29 is 5.11 Å². The third-order valence-electron chi connectivity index (χ3n) is 4.10. The van der Waals surface area contributed by atoms with Crippen LogP contribution in [0.5, 0.6) is 0 Å². The summed E-state index contributed by atoms with van der Waals surface area (Å²) in [5, 5.41) is 15.3. The molecule has 0 radical (unpaired) electrons. The quantitative estimate of drug-likeness (QED) is 0.758. The highest BCUT2D eigenvalue weighted by Gasteiger charge is 2.24. The topological polar surface area (TPSA) is 70.9 Å². The highest BCUT2D eigenvalue weighted by atomic mass is 32.1.